The van der Waals surface area contributed by atoms with Gasteiger partial charge in [0.1, 0.15) is 10.6 Å². The molecule has 0 aliphatic rings. The summed E-state index contributed by atoms with van der Waals surface area (Å²) in [7, 11) is 1.60. The third kappa shape index (κ3) is 4.31. The number of anilines is 1. The topological polar surface area (TPSA) is 90.4 Å². The lowest BCUT2D eigenvalue weighted by molar-refractivity contribution is 0.0531. The van der Waals surface area contributed by atoms with Gasteiger partial charge in [-0.2, -0.15) is 0 Å². The largest absolute Gasteiger partial charge is 0.497 e. The fourth-order valence-corrected chi connectivity index (χ4v) is 4.15. The van der Waals surface area contributed by atoms with Crippen LogP contribution in [0.25, 0.3) is 22.2 Å². The van der Waals surface area contributed by atoms with Gasteiger partial charge in [-0.3, -0.25) is 10.1 Å². The molecule has 8 heteroatoms. The Labute approximate surface area is 189 Å². The van der Waals surface area contributed by atoms with Crippen molar-refractivity contribution in [2.45, 2.75) is 13.8 Å². The number of nitrogens with one attached hydrogen (secondary N) is 1. The van der Waals surface area contributed by atoms with Crippen LogP contribution in [0.4, 0.5) is 5.13 Å². The molecule has 32 heavy (non-hydrogen) atoms. The highest BCUT2D eigenvalue weighted by Gasteiger charge is 2.20. The summed E-state index contributed by atoms with van der Waals surface area (Å²) in [6.45, 7) is 3.72. The number of aryl methyl sites for hydroxylation is 1. The van der Waals surface area contributed by atoms with Crippen molar-refractivity contribution in [3.8, 4) is 17.0 Å². The number of thiazole rings is 1. The first-order chi connectivity index (χ1) is 15.5. The Bertz CT molecular complexity index is 1320. The van der Waals surface area contributed by atoms with E-state index in [1.54, 1.807) is 27.0 Å². The molecule has 4 rings (SSSR count). The van der Waals surface area contributed by atoms with E-state index in [0.29, 0.717) is 38.2 Å². The number of amides is 1. The number of methoxy groups -OCH3 is 1. The standard InChI is InChI=1S/C24H21N3O4S/c1-4-31-23(29)21-14(2)25-24(32-21)27-22(28)18-13-20(15-8-7-9-16(12-15)30-3)26-19-11-6-5-10-17(18)19/h5-13H,4H2,1-3H3,(H,25,27,28). The van der Waals surface area contributed by atoms with Gasteiger partial charge in [0.15, 0.2) is 5.13 Å². The van der Waals surface area contributed by atoms with Gasteiger partial charge in [0, 0.05) is 10.9 Å². The molecule has 2 heterocycles. The highest BCUT2D eigenvalue weighted by atomic mass is 32.1. The Balaban J connectivity index is 1.72. The fourth-order valence-electron chi connectivity index (χ4n) is 3.29. The molecule has 0 aliphatic carbocycles. The van der Waals surface area contributed by atoms with Crippen LogP contribution in [-0.2, 0) is 4.74 Å². The van der Waals surface area contributed by atoms with Crippen LogP contribution in [0.15, 0.2) is 54.6 Å². The van der Waals surface area contributed by atoms with Crippen LogP contribution in [0.5, 0.6) is 5.75 Å². The van der Waals surface area contributed by atoms with Gasteiger partial charge >= 0.3 is 5.97 Å². The minimum atomic E-state index is -0.447. The van der Waals surface area contributed by atoms with Gasteiger partial charge in [-0.25, -0.2) is 14.8 Å². The third-order valence-corrected chi connectivity index (χ3v) is 5.86. The third-order valence-electron chi connectivity index (χ3n) is 4.80. The van der Waals surface area contributed by atoms with E-state index in [2.05, 4.69) is 10.3 Å². The first kappa shape index (κ1) is 21.5. The molecule has 0 spiro atoms. The van der Waals surface area contributed by atoms with E-state index in [0.717, 1.165) is 22.3 Å². The number of para-hydroxylation sites is 1. The summed E-state index contributed by atoms with van der Waals surface area (Å²) in [5.74, 6) is -0.0807. The van der Waals surface area contributed by atoms with E-state index < -0.39 is 5.97 Å². The molecule has 2 aromatic carbocycles. The molecule has 4 aromatic rings. The smallest absolute Gasteiger partial charge is 0.350 e. The van der Waals surface area contributed by atoms with Gasteiger partial charge in [0.05, 0.1) is 36.2 Å². The zero-order valence-corrected chi connectivity index (χ0v) is 18.7. The van der Waals surface area contributed by atoms with Crippen LogP contribution in [-0.4, -0.2) is 35.6 Å². The number of hydrogen-bond donors (Lipinski definition) is 1. The molecular weight excluding hydrogens is 426 g/mol. The summed E-state index contributed by atoms with van der Waals surface area (Å²) in [5, 5.41) is 3.87. The molecule has 0 radical (unpaired) electrons. The summed E-state index contributed by atoms with van der Waals surface area (Å²) in [5.41, 5.74) is 3.15. The predicted octanol–water partition coefficient (Wildman–Crippen LogP) is 5.10. The molecule has 0 saturated carbocycles. The minimum Gasteiger partial charge on any atom is -0.497 e. The number of carbonyl (C=O) groups is 2. The molecule has 7 nitrogen and oxygen atoms in total. The number of rotatable bonds is 6. The van der Waals surface area contributed by atoms with Crippen molar-refractivity contribution in [3.63, 3.8) is 0 Å². The number of aromatic nitrogens is 2. The van der Waals surface area contributed by atoms with Gasteiger partial charge in [-0.15, -0.1) is 0 Å². The fraction of sp³-hybridized carbons (Fsp3) is 0.167. The maximum atomic E-state index is 13.2. The SMILES string of the molecule is CCOC(=O)c1sc(NC(=O)c2cc(-c3cccc(OC)c3)nc3ccccc23)nc1C. The van der Waals surface area contributed by atoms with Crippen molar-refractivity contribution in [1.29, 1.82) is 0 Å². The van der Waals surface area contributed by atoms with Crippen LogP contribution in [0.3, 0.4) is 0 Å². The van der Waals surface area contributed by atoms with E-state index in [9.17, 15) is 9.59 Å². The summed E-state index contributed by atoms with van der Waals surface area (Å²) in [4.78, 5) is 34.7. The monoisotopic (exact) mass is 447 g/mol. The molecule has 0 saturated heterocycles. The van der Waals surface area contributed by atoms with Gasteiger partial charge in [0.2, 0.25) is 0 Å². The maximum Gasteiger partial charge on any atom is 0.350 e. The zero-order valence-electron chi connectivity index (χ0n) is 17.8. The number of fused-ring (bicyclic) bond motifs is 1. The van der Waals surface area contributed by atoms with Crippen LogP contribution >= 0.6 is 11.3 Å². The lowest BCUT2D eigenvalue weighted by atomic mass is 10.0. The molecule has 0 atom stereocenters. The second-order valence-electron chi connectivity index (χ2n) is 6.91. The molecule has 0 bridgehead atoms. The predicted molar refractivity (Wildman–Crippen MR) is 124 cm³/mol. The number of esters is 1. The van der Waals surface area contributed by atoms with Crippen LogP contribution in [0.1, 0.15) is 32.6 Å². The Hall–Kier alpha value is -3.78. The van der Waals surface area contributed by atoms with E-state index >= 15 is 0 Å². The summed E-state index contributed by atoms with van der Waals surface area (Å²) >= 11 is 1.09. The lowest BCUT2D eigenvalue weighted by Crippen LogP contribution is -2.13. The van der Waals surface area contributed by atoms with Crippen molar-refractivity contribution < 1.29 is 19.1 Å². The van der Waals surface area contributed by atoms with Gasteiger partial charge in [-0.1, -0.05) is 41.7 Å². The molecule has 0 aliphatic heterocycles. The average Bonchev–Trinajstić information content (AvgIpc) is 3.18. The molecule has 1 amide bonds. The summed E-state index contributed by atoms with van der Waals surface area (Å²) in [6.07, 6.45) is 0. The second kappa shape index (κ2) is 9.15. The van der Waals surface area contributed by atoms with Crippen molar-refractivity contribution >= 4 is 39.2 Å². The first-order valence-corrected chi connectivity index (χ1v) is 10.8. The van der Waals surface area contributed by atoms with Crippen molar-refractivity contribution in [3.05, 3.63) is 70.7 Å². The van der Waals surface area contributed by atoms with Crippen molar-refractivity contribution in [1.82, 2.24) is 9.97 Å². The molecule has 2 aromatic heterocycles. The quantitative estimate of drug-likeness (QED) is 0.413. The van der Waals surface area contributed by atoms with Gasteiger partial charge in [-0.05, 0) is 38.1 Å². The number of ether oxygens (including phenoxy) is 2. The normalized spacial score (nSPS) is 10.7. The number of benzene rings is 2. The Kier molecular flexibility index (Phi) is 6.13. The maximum absolute atomic E-state index is 13.2. The summed E-state index contributed by atoms with van der Waals surface area (Å²) < 4.78 is 10.4. The van der Waals surface area contributed by atoms with Crippen LogP contribution in [0.2, 0.25) is 0 Å². The average molecular weight is 448 g/mol. The zero-order chi connectivity index (χ0) is 22.7. The second-order valence-corrected chi connectivity index (χ2v) is 7.91. The van der Waals surface area contributed by atoms with E-state index in [4.69, 9.17) is 14.5 Å². The minimum absolute atomic E-state index is 0.272. The number of carbonyl (C=O) groups excluding carboxylic acids is 2. The number of pyridine rings is 1. The highest BCUT2D eigenvalue weighted by Crippen LogP contribution is 2.29. The molecule has 0 unspecified atom stereocenters. The molecule has 0 fully saturated rings. The molecule has 162 valence electrons. The first-order valence-electron chi connectivity index (χ1n) is 10.00. The Morgan fingerprint density at radius 2 is 1.88 bits per heavy atom. The van der Waals surface area contributed by atoms with Crippen molar-refractivity contribution in [2.75, 3.05) is 19.0 Å². The van der Waals surface area contributed by atoms with E-state index in [1.165, 1.54) is 0 Å². The van der Waals surface area contributed by atoms with Crippen LogP contribution in [0, 0.1) is 6.92 Å². The Morgan fingerprint density at radius 3 is 2.66 bits per heavy atom. The van der Waals surface area contributed by atoms with Gasteiger partial charge in [0.25, 0.3) is 5.91 Å². The summed E-state index contributed by atoms with van der Waals surface area (Å²) in [6, 6.07) is 16.7. The number of hydrogen-bond acceptors (Lipinski definition) is 7. The van der Waals surface area contributed by atoms with Crippen LogP contribution < -0.4 is 10.1 Å². The molecular formula is C24H21N3O4S. The van der Waals surface area contributed by atoms with Crippen molar-refractivity contribution in [2.24, 2.45) is 0 Å². The number of nitrogens with zero attached hydrogens (tertiary/aromatic N) is 2. The highest BCUT2D eigenvalue weighted by molar-refractivity contribution is 7.17. The molecule has 1 N–H and O–H groups in total. The lowest BCUT2D eigenvalue weighted by Gasteiger charge is -2.10. The Morgan fingerprint density at radius 1 is 1.06 bits per heavy atom. The van der Waals surface area contributed by atoms with E-state index in [-0.39, 0.29) is 12.5 Å². The van der Waals surface area contributed by atoms with E-state index in [1.807, 2.05) is 48.5 Å². The van der Waals surface area contributed by atoms with Gasteiger partial charge < -0.3 is 9.47 Å².